The van der Waals surface area contributed by atoms with Gasteiger partial charge in [-0.15, -0.1) is 0 Å². The van der Waals surface area contributed by atoms with Crippen molar-refractivity contribution in [2.75, 3.05) is 13.7 Å². The van der Waals surface area contributed by atoms with Crippen LogP contribution in [0.4, 0.5) is 0 Å². The Morgan fingerprint density at radius 1 is 1.37 bits per heavy atom. The fraction of sp³-hybridized carbons (Fsp3) is 0.739. The predicted molar refractivity (Wildman–Crippen MR) is 107 cm³/mol. The average Bonchev–Trinajstić information content (AvgIpc) is 3.28. The van der Waals surface area contributed by atoms with Crippen LogP contribution in [0.5, 0.6) is 0 Å². The molecule has 4 rings (SSSR count). The number of ether oxygens (including phenoxy) is 4. The number of carbonyl (C=O) groups is 2. The van der Waals surface area contributed by atoms with Gasteiger partial charge in [0.05, 0.1) is 18.3 Å². The fourth-order valence-electron chi connectivity index (χ4n) is 6.02. The van der Waals surface area contributed by atoms with E-state index < -0.39 is 11.8 Å². The van der Waals surface area contributed by atoms with Crippen LogP contribution in [0.15, 0.2) is 22.8 Å². The summed E-state index contributed by atoms with van der Waals surface area (Å²) in [4.78, 5) is 24.4. The summed E-state index contributed by atoms with van der Waals surface area (Å²) >= 11 is 0. The maximum Gasteiger partial charge on any atom is 0.336 e. The maximum absolute atomic E-state index is 12.6. The lowest BCUT2D eigenvalue weighted by molar-refractivity contribution is -0.178. The summed E-state index contributed by atoms with van der Waals surface area (Å²) in [6.07, 6.45) is 5.00. The van der Waals surface area contributed by atoms with E-state index in [1.54, 1.807) is 13.0 Å². The van der Waals surface area contributed by atoms with Gasteiger partial charge in [0.25, 0.3) is 5.79 Å². The topological polar surface area (TPSA) is 94.6 Å². The Labute approximate surface area is 177 Å². The molecule has 0 amide bonds. The third kappa shape index (κ3) is 3.13. The number of epoxide rings is 1. The molecule has 0 spiro atoms. The van der Waals surface area contributed by atoms with Crippen LogP contribution >= 0.6 is 0 Å². The zero-order valence-electron chi connectivity index (χ0n) is 18.4. The standard InChI is InChI=1S/C23H32O7/c1-13-16-9-17-21(3,18(28-14(2)25)10-19-22(17,4)29-19)8-6-7-15(12-24)11-23(16,27-5)30-20(13)26/h11,17-19,24H,6-10,12H2,1-5H3/b15-11+/t17-,18+,19+,21-,22-,23+/m1/s1. The first kappa shape index (κ1) is 21.5. The molecular formula is C23H32O7. The van der Waals surface area contributed by atoms with Gasteiger partial charge >= 0.3 is 11.9 Å². The van der Waals surface area contributed by atoms with E-state index in [0.717, 1.165) is 24.0 Å². The minimum atomic E-state index is -1.31. The Morgan fingerprint density at radius 3 is 2.73 bits per heavy atom. The maximum atomic E-state index is 12.6. The third-order valence-electron chi connectivity index (χ3n) is 7.88. The van der Waals surface area contributed by atoms with Gasteiger partial charge in [0.1, 0.15) is 6.10 Å². The summed E-state index contributed by atoms with van der Waals surface area (Å²) in [5.41, 5.74) is 1.38. The van der Waals surface area contributed by atoms with E-state index in [1.807, 2.05) is 0 Å². The van der Waals surface area contributed by atoms with Gasteiger partial charge in [-0.3, -0.25) is 4.79 Å². The smallest absolute Gasteiger partial charge is 0.336 e. The molecular weight excluding hydrogens is 388 g/mol. The molecule has 0 radical (unpaired) electrons. The number of hydrogen-bond donors (Lipinski definition) is 1. The first-order valence-electron chi connectivity index (χ1n) is 10.7. The molecule has 0 aromatic heterocycles. The second kappa shape index (κ2) is 7.18. The van der Waals surface area contributed by atoms with Crippen molar-refractivity contribution in [3.8, 4) is 0 Å². The lowest BCUT2D eigenvalue weighted by Gasteiger charge is -2.49. The number of methoxy groups -OCH3 is 1. The molecule has 1 saturated carbocycles. The van der Waals surface area contributed by atoms with Crippen LogP contribution in [-0.2, 0) is 28.5 Å². The molecule has 0 aromatic rings. The highest BCUT2D eigenvalue weighted by atomic mass is 16.7. The van der Waals surface area contributed by atoms with Gasteiger partial charge in [0.15, 0.2) is 0 Å². The van der Waals surface area contributed by atoms with Gasteiger partial charge in [-0.05, 0) is 51.2 Å². The SMILES string of the molecule is CO[C@]12/C=C(/CO)CCC[C@@]3(C)[C@@H](OC(C)=O)C[C@@H]4O[C@]4(C)[C@@H]3CC1=C(C)C(=O)O2. The van der Waals surface area contributed by atoms with Crippen LogP contribution < -0.4 is 0 Å². The number of esters is 2. The number of aliphatic hydroxyl groups is 1. The van der Waals surface area contributed by atoms with Crippen molar-refractivity contribution in [1.29, 1.82) is 0 Å². The second-order valence-corrected chi connectivity index (χ2v) is 9.57. The molecule has 1 saturated heterocycles. The molecule has 2 aliphatic heterocycles. The van der Waals surface area contributed by atoms with E-state index in [-0.39, 0.29) is 41.7 Å². The van der Waals surface area contributed by atoms with Gasteiger partial charge < -0.3 is 24.1 Å². The highest BCUT2D eigenvalue weighted by Gasteiger charge is 2.69. The molecule has 4 aliphatic rings. The summed E-state index contributed by atoms with van der Waals surface area (Å²) in [6, 6.07) is 0. The van der Waals surface area contributed by atoms with E-state index in [2.05, 4.69) is 13.8 Å². The first-order valence-corrected chi connectivity index (χ1v) is 10.7. The molecule has 0 unspecified atom stereocenters. The number of rotatable bonds is 3. The summed E-state index contributed by atoms with van der Waals surface area (Å²) in [5.74, 6) is -2.00. The Balaban J connectivity index is 1.83. The minimum absolute atomic E-state index is 0.0196. The van der Waals surface area contributed by atoms with Crippen molar-refractivity contribution in [2.45, 2.75) is 83.4 Å². The van der Waals surface area contributed by atoms with Crippen molar-refractivity contribution in [1.82, 2.24) is 0 Å². The third-order valence-corrected chi connectivity index (χ3v) is 7.88. The zero-order valence-corrected chi connectivity index (χ0v) is 18.4. The minimum Gasteiger partial charge on any atom is -0.462 e. The van der Waals surface area contributed by atoms with E-state index >= 15 is 0 Å². The first-order chi connectivity index (χ1) is 14.1. The van der Waals surface area contributed by atoms with Crippen molar-refractivity contribution in [2.24, 2.45) is 11.3 Å². The predicted octanol–water partition coefficient (Wildman–Crippen LogP) is 2.81. The summed E-state index contributed by atoms with van der Waals surface area (Å²) in [7, 11) is 1.52. The number of carbonyl (C=O) groups excluding carboxylic acids is 2. The molecule has 166 valence electrons. The second-order valence-electron chi connectivity index (χ2n) is 9.57. The van der Waals surface area contributed by atoms with Crippen molar-refractivity contribution in [3.63, 3.8) is 0 Å². The van der Waals surface area contributed by atoms with Crippen LogP contribution in [-0.4, -0.2) is 54.4 Å². The van der Waals surface area contributed by atoms with Crippen molar-refractivity contribution < 1.29 is 33.6 Å². The number of aliphatic hydroxyl groups excluding tert-OH is 1. The zero-order chi connectivity index (χ0) is 21.9. The van der Waals surface area contributed by atoms with E-state index in [1.165, 1.54) is 14.0 Å². The van der Waals surface area contributed by atoms with E-state index in [9.17, 15) is 14.7 Å². The lowest BCUT2D eigenvalue weighted by atomic mass is 9.57. The number of fused-ring (bicyclic) bond motifs is 4. The lowest BCUT2D eigenvalue weighted by Crippen LogP contribution is -2.53. The molecule has 1 N–H and O–H groups in total. The van der Waals surface area contributed by atoms with Crippen LogP contribution in [0, 0.1) is 11.3 Å². The van der Waals surface area contributed by atoms with E-state index in [4.69, 9.17) is 18.9 Å². The van der Waals surface area contributed by atoms with Gasteiger partial charge in [-0.1, -0.05) is 6.92 Å². The fourth-order valence-corrected chi connectivity index (χ4v) is 6.02. The highest BCUT2D eigenvalue weighted by molar-refractivity contribution is 5.92. The molecule has 6 atom stereocenters. The molecule has 0 aromatic carbocycles. The monoisotopic (exact) mass is 420 g/mol. The van der Waals surface area contributed by atoms with E-state index in [0.29, 0.717) is 24.8 Å². The summed E-state index contributed by atoms with van der Waals surface area (Å²) in [6.45, 7) is 7.35. The Kier molecular flexibility index (Phi) is 5.15. The van der Waals surface area contributed by atoms with Crippen LogP contribution in [0.25, 0.3) is 0 Å². The molecule has 2 fully saturated rings. The molecule has 30 heavy (non-hydrogen) atoms. The van der Waals surface area contributed by atoms with Crippen molar-refractivity contribution in [3.05, 3.63) is 22.8 Å². The summed E-state index contributed by atoms with van der Waals surface area (Å²) < 4.78 is 23.5. The molecule has 2 heterocycles. The Hall–Kier alpha value is -1.70. The molecule has 0 bridgehead atoms. The van der Waals surface area contributed by atoms with Gasteiger partial charge in [-0.25, -0.2) is 4.79 Å². The quantitative estimate of drug-likeness (QED) is 0.426. The molecule has 2 aliphatic carbocycles. The average molecular weight is 421 g/mol. The van der Waals surface area contributed by atoms with Gasteiger partial charge in [0.2, 0.25) is 0 Å². The summed E-state index contributed by atoms with van der Waals surface area (Å²) in [5, 5.41) is 9.92. The van der Waals surface area contributed by atoms with Crippen LogP contribution in [0.1, 0.15) is 59.8 Å². The molecule has 7 nitrogen and oxygen atoms in total. The highest BCUT2D eigenvalue weighted by Crippen LogP contribution is 2.63. The number of hydrogen-bond acceptors (Lipinski definition) is 7. The van der Waals surface area contributed by atoms with Crippen molar-refractivity contribution >= 4 is 11.9 Å². The Bertz CT molecular complexity index is 829. The van der Waals surface area contributed by atoms with Gasteiger partial charge in [-0.2, -0.15) is 0 Å². The van der Waals surface area contributed by atoms with Crippen LogP contribution in [0.2, 0.25) is 0 Å². The Morgan fingerprint density at radius 2 is 2.10 bits per heavy atom. The van der Waals surface area contributed by atoms with Crippen LogP contribution in [0.3, 0.4) is 0 Å². The normalized spacial score (nSPS) is 44.8. The van der Waals surface area contributed by atoms with Gasteiger partial charge in [0, 0.05) is 42.9 Å². The molecule has 7 heteroatoms. The largest absolute Gasteiger partial charge is 0.462 e.